The lowest BCUT2D eigenvalue weighted by atomic mass is 9.49. The van der Waals surface area contributed by atoms with Crippen molar-refractivity contribution >= 4 is 39.1 Å². The molecule has 0 unspecified atom stereocenters. The van der Waals surface area contributed by atoms with Crippen LogP contribution in [0.2, 0.25) is 10.0 Å². The number of morpholine rings is 1. The van der Waals surface area contributed by atoms with E-state index >= 15 is 0 Å². The Labute approximate surface area is 193 Å². The number of nitrogens with one attached hydrogen (secondary N) is 1. The van der Waals surface area contributed by atoms with Gasteiger partial charge in [0.05, 0.1) is 28.8 Å². The van der Waals surface area contributed by atoms with Crippen LogP contribution in [0.1, 0.15) is 48.9 Å². The van der Waals surface area contributed by atoms with Crippen molar-refractivity contribution in [2.45, 2.75) is 43.4 Å². The van der Waals surface area contributed by atoms with Gasteiger partial charge in [-0.1, -0.05) is 23.2 Å². The Morgan fingerprint density at radius 2 is 1.61 bits per heavy atom. The molecule has 1 heterocycles. The summed E-state index contributed by atoms with van der Waals surface area (Å²) in [4.78, 5) is 13.0. The molecule has 1 aromatic carbocycles. The molecular weight excluding hydrogens is 459 g/mol. The number of hydrogen-bond donors (Lipinski definition) is 1. The second-order valence-electron chi connectivity index (χ2n) is 9.88. The first-order valence-electron chi connectivity index (χ1n) is 11.1. The average molecular weight is 487 g/mol. The highest BCUT2D eigenvalue weighted by molar-refractivity contribution is 7.89. The quantitative estimate of drug-likeness (QED) is 0.683. The lowest BCUT2D eigenvalue weighted by Gasteiger charge is -2.56. The van der Waals surface area contributed by atoms with Gasteiger partial charge in [0.2, 0.25) is 10.0 Å². The molecule has 0 atom stereocenters. The minimum Gasteiger partial charge on any atom is -0.379 e. The van der Waals surface area contributed by atoms with Crippen LogP contribution >= 0.6 is 23.2 Å². The first-order chi connectivity index (χ1) is 14.8. The van der Waals surface area contributed by atoms with Crippen LogP contribution < -0.4 is 5.32 Å². The van der Waals surface area contributed by atoms with Crippen molar-refractivity contribution in [2.24, 2.45) is 23.2 Å². The predicted octanol–water partition coefficient (Wildman–Crippen LogP) is 3.96. The molecule has 1 amide bonds. The number of rotatable bonds is 5. The molecule has 1 aliphatic heterocycles. The number of hydrogen-bond acceptors (Lipinski definition) is 4. The molecule has 1 N–H and O–H groups in total. The van der Waals surface area contributed by atoms with Crippen molar-refractivity contribution in [3.05, 3.63) is 27.7 Å². The van der Waals surface area contributed by atoms with Gasteiger partial charge in [0, 0.05) is 19.6 Å². The van der Waals surface area contributed by atoms with Crippen molar-refractivity contribution in [2.75, 3.05) is 32.8 Å². The lowest BCUT2D eigenvalue weighted by molar-refractivity contribution is -0.0503. The molecule has 6 nitrogen and oxygen atoms in total. The monoisotopic (exact) mass is 486 g/mol. The number of ether oxygens (including phenoxy) is 1. The maximum absolute atomic E-state index is 13.1. The lowest BCUT2D eigenvalue weighted by Crippen LogP contribution is -2.51. The maximum Gasteiger partial charge on any atom is 0.252 e. The van der Waals surface area contributed by atoms with Crippen LogP contribution in [0.3, 0.4) is 0 Å². The highest BCUT2D eigenvalue weighted by atomic mass is 35.5. The van der Waals surface area contributed by atoms with Crippen LogP contribution in [0.15, 0.2) is 17.0 Å². The van der Waals surface area contributed by atoms with Crippen LogP contribution in [-0.2, 0) is 14.8 Å². The van der Waals surface area contributed by atoms with Crippen LogP contribution in [0, 0.1) is 23.2 Å². The number of carbonyl (C=O) groups is 1. The smallest absolute Gasteiger partial charge is 0.252 e. The SMILES string of the molecule is O=C(NCC12CC3CC(CC(C3)C1)C2)c1cc(S(=O)(=O)N2CCOCC2)c(Cl)cc1Cl. The third-order valence-corrected chi connectivity index (χ3v) is 10.3. The van der Waals surface area contributed by atoms with E-state index in [1.54, 1.807) is 0 Å². The summed E-state index contributed by atoms with van der Waals surface area (Å²) in [5, 5.41) is 3.26. The molecule has 170 valence electrons. The van der Waals surface area contributed by atoms with E-state index in [9.17, 15) is 13.2 Å². The fraction of sp³-hybridized carbons (Fsp3) is 0.682. The highest BCUT2D eigenvalue weighted by Gasteiger charge is 2.50. The van der Waals surface area contributed by atoms with E-state index in [1.807, 2.05) is 0 Å². The Balaban J connectivity index is 1.35. The number of nitrogens with zero attached hydrogens (tertiary/aromatic N) is 1. The first kappa shape index (κ1) is 22.0. The Morgan fingerprint density at radius 1 is 1.03 bits per heavy atom. The summed E-state index contributed by atoms with van der Waals surface area (Å²) >= 11 is 12.6. The second-order valence-corrected chi connectivity index (χ2v) is 12.6. The molecule has 5 aliphatic rings. The molecular formula is C22H28Cl2N2O4S. The number of amides is 1. The minimum atomic E-state index is -3.83. The molecule has 31 heavy (non-hydrogen) atoms. The van der Waals surface area contributed by atoms with E-state index in [4.69, 9.17) is 27.9 Å². The summed E-state index contributed by atoms with van der Waals surface area (Å²) in [6.07, 6.45) is 7.59. The molecule has 6 rings (SSSR count). The highest BCUT2D eigenvalue weighted by Crippen LogP contribution is 2.59. The van der Waals surface area contributed by atoms with E-state index in [-0.39, 0.29) is 44.9 Å². The van der Waals surface area contributed by atoms with Gasteiger partial charge in [-0.05, 0) is 73.8 Å². The van der Waals surface area contributed by atoms with E-state index in [2.05, 4.69) is 5.32 Å². The van der Waals surface area contributed by atoms with E-state index in [1.165, 1.54) is 55.0 Å². The zero-order valence-electron chi connectivity index (χ0n) is 17.4. The number of carbonyl (C=O) groups excluding carboxylic acids is 1. The van der Waals surface area contributed by atoms with Gasteiger partial charge < -0.3 is 10.1 Å². The zero-order valence-corrected chi connectivity index (χ0v) is 19.7. The van der Waals surface area contributed by atoms with Gasteiger partial charge in [-0.3, -0.25) is 4.79 Å². The van der Waals surface area contributed by atoms with Crippen LogP contribution in [0.5, 0.6) is 0 Å². The van der Waals surface area contributed by atoms with Crippen LogP contribution in [0.4, 0.5) is 0 Å². The number of benzene rings is 1. The normalized spacial score (nSPS) is 32.9. The number of halogens is 2. The third-order valence-electron chi connectivity index (χ3n) is 7.64. The second kappa shape index (κ2) is 8.17. The van der Waals surface area contributed by atoms with Gasteiger partial charge in [-0.15, -0.1) is 0 Å². The van der Waals surface area contributed by atoms with Crippen molar-refractivity contribution in [3.63, 3.8) is 0 Å². The molecule has 4 saturated carbocycles. The van der Waals surface area contributed by atoms with E-state index < -0.39 is 10.0 Å². The van der Waals surface area contributed by atoms with Gasteiger partial charge in [0.25, 0.3) is 5.91 Å². The summed E-state index contributed by atoms with van der Waals surface area (Å²) in [7, 11) is -3.83. The van der Waals surface area contributed by atoms with Gasteiger partial charge in [-0.25, -0.2) is 8.42 Å². The molecule has 4 aliphatic carbocycles. The van der Waals surface area contributed by atoms with Gasteiger partial charge in [0.1, 0.15) is 4.90 Å². The number of sulfonamides is 1. The predicted molar refractivity (Wildman–Crippen MR) is 119 cm³/mol. The summed E-state index contributed by atoms with van der Waals surface area (Å²) in [6, 6.07) is 2.68. The first-order valence-corrected chi connectivity index (χ1v) is 13.3. The average Bonchev–Trinajstić information content (AvgIpc) is 2.71. The molecule has 5 fully saturated rings. The van der Waals surface area contributed by atoms with Crippen molar-refractivity contribution in [3.8, 4) is 0 Å². The van der Waals surface area contributed by atoms with E-state index in [0.717, 1.165) is 17.8 Å². The molecule has 1 saturated heterocycles. The maximum atomic E-state index is 13.1. The molecule has 0 radical (unpaired) electrons. The third kappa shape index (κ3) is 4.12. The largest absolute Gasteiger partial charge is 0.379 e. The summed E-state index contributed by atoms with van der Waals surface area (Å²) < 4.78 is 32.8. The summed E-state index contributed by atoms with van der Waals surface area (Å²) in [6.45, 7) is 1.81. The standard InChI is InChI=1S/C22H28Cl2N2O4S/c23-18-9-19(24)20(31(28,29)26-1-3-30-4-2-26)8-17(18)21(27)25-13-22-10-14-5-15(11-22)7-16(6-14)12-22/h8-9,14-16H,1-7,10-13H2,(H,25,27). The Hall–Kier alpha value is -0.860. The fourth-order valence-corrected chi connectivity index (χ4v) is 8.94. The Bertz CT molecular complexity index is 956. The Kier molecular flexibility index (Phi) is 5.79. The molecule has 1 aromatic rings. The molecule has 0 spiro atoms. The zero-order chi connectivity index (χ0) is 21.8. The van der Waals surface area contributed by atoms with Gasteiger partial charge in [0.15, 0.2) is 0 Å². The minimum absolute atomic E-state index is 0.0223. The molecule has 9 heteroatoms. The molecule has 0 aromatic heterocycles. The van der Waals surface area contributed by atoms with Crippen molar-refractivity contribution in [1.29, 1.82) is 0 Å². The van der Waals surface area contributed by atoms with Gasteiger partial charge in [-0.2, -0.15) is 4.31 Å². The molecule has 4 bridgehead atoms. The van der Waals surface area contributed by atoms with Crippen molar-refractivity contribution < 1.29 is 17.9 Å². The van der Waals surface area contributed by atoms with Crippen LogP contribution in [0.25, 0.3) is 0 Å². The van der Waals surface area contributed by atoms with Crippen LogP contribution in [-0.4, -0.2) is 51.5 Å². The van der Waals surface area contributed by atoms with E-state index in [0.29, 0.717) is 19.8 Å². The topological polar surface area (TPSA) is 75.7 Å². The Morgan fingerprint density at radius 3 is 2.19 bits per heavy atom. The van der Waals surface area contributed by atoms with Gasteiger partial charge >= 0.3 is 0 Å². The summed E-state index contributed by atoms with van der Waals surface area (Å²) in [5.41, 5.74) is 0.342. The fourth-order valence-electron chi connectivity index (χ4n) is 6.70. The van der Waals surface area contributed by atoms with Crippen molar-refractivity contribution in [1.82, 2.24) is 9.62 Å². The summed E-state index contributed by atoms with van der Waals surface area (Å²) in [5.74, 6) is 2.06.